The molecule has 0 saturated carbocycles. The van der Waals surface area contributed by atoms with Crippen LogP contribution in [0.2, 0.25) is 0 Å². The summed E-state index contributed by atoms with van der Waals surface area (Å²) in [5, 5.41) is 3.25. The van der Waals surface area contributed by atoms with E-state index in [1.54, 1.807) is 0 Å². The Labute approximate surface area is 121 Å². The van der Waals surface area contributed by atoms with Crippen molar-refractivity contribution < 1.29 is 12.8 Å². The summed E-state index contributed by atoms with van der Waals surface area (Å²) in [5.74, 6) is 2.06. The Kier molecular flexibility index (Phi) is 4.88. The maximum absolute atomic E-state index is 12.2. The average Bonchev–Trinajstić information content (AvgIpc) is 2.68. The van der Waals surface area contributed by atoms with E-state index in [-0.39, 0.29) is 17.7 Å². The quantitative estimate of drug-likeness (QED) is 0.871. The van der Waals surface area contributed by atoms with Gasteiger partial charge in [-0.2, -0.15) is 0 Å². The number of hydrogen-bond donors (Lipinski definition) is 2. The normalized spacial score (nSPS) is 19.1. The molecule has 6 heteroatoms. The maximum atomic E-state index is 12.2. The van der Waals surface area contributed by atoms with E-state index < -0.39 is 10.0 Å². The van der Waals surface area contributed by atoms with Gasteiger partial charge in [0.2, 0.25) is 10.0 Å². The van der Waals surface area contributed by atoms with Gasteiger partial charge < -0.3 is 9.73 Å². The van der Waals surface area contributed by atoms with Crippen molar-refractivity contribution in [1.82, 2.24) is 10.0 Å². The monoisotopic (exact) mass is 300 g/mol. The maximum Gasteiger partial charge on any atom is 0.212 e. The molecule has 5 nitrogen and oxygen atoms in total. The predicted molar refractivity (Wildman–Crippen MR) is 79.1 cm³/mol. The van der Waals surface area contributed by atoms with Crippen molar-refractivity contribution in [2.75, 3.05) is 18.8 Å². The Morgan fingerprint density at radius 2 is 2.05 bits per heavy atom. The molecule has 0 radical (unpaired) electrons. The molecule has 1 aliphatic rings. The summed E-state index contributed by atoms with van der Waals surface area (Å²) >= 11 is 0. The molecular formula is C14H24N2O3S. The standard InChI is InChI=1S/C14H24N2O3S/c1-10-8-14(12(3)19-10)11(2)16-20(17,18)9-13-4-6-15-7-5-13/h8,11,13,15-16H,4-7,9H2,1-3H3. The first-order valence-electron chi connectivity index (χ1n) is 7.15. The highest BCUT2D eigenvalue weighted by molar-refractivity contribution is 7.89. The number of piperidine rings is 1. The summed E-state index contributed by atoms with van der Waals surface area (Å²) in [7, 11) is -3.26. The van der Waals surface area contributed by atoms with Gasteiger partial charge in [0.15, 0.2) is 0 Å². The Bertz CT molecular complexity index is 545. The lowest BCUT2D eigenvalue weighted by atomic mass is 10.0. The van der Waals surface area contributed by atoms with Gasteiger partial charge in [0, 0.05) is 11.6 Å². The molecule has 1 aromatic rings. The van der Waals surface area contributed by atoms with E-state index >= 15 is 0 Å². The van der Waals surface area contributed by atoms with Crippen LogP contribution in [-0.4, -0.2) is 27.3 Å². The van der Waals surface area contributed by atoms with Crippen LogP contribution in [0.4, 0.5) is 0 Å². The molecule has 0 spiro atoms. The third kappa shape index (κ3) is 4.07. The minimum atomic E-state index is -3.26. The van der Waals surface area contributed by atoms with Gasteiger partial charge in [-0.3, -0.25) is 0 Å². The van der Waals surface area contributed by atoms with Gasteiger partial charge in [-0.15, -0.1) is 0 Å². The van der Waals surface area contributed by atoms with Gasteiger partial charge in [-0.05, 0) is 58.7 Å². The van der Waals surface area contributed by atoms with Crippen LogP contribution in [-0.2, 0) is 10.0 Å². The molecule has 0 aliphatic carbocycles. The zero-order valence-electron chi connectivity index (χ0n) is 12.4. The van der Waals surface area contributed by atoms with Gasteiger partial charge in [-0.25, -0.2) is 13.1 Å². The van der Waals surface area contributed by atoms with E-state index in [0.717, 1.165) is 43.0 Å². The smallest absolute Gasteiger partial charge is 0.212 e. The molecule has 1 unspecified atom stereocenters. The van der Waals surface area contributed by atoms with E-state index in [4.69, 9.17) is 4.42 Å². The van der Waals surface area contributed by atoms with Gasteiger partial charge in [0.25, 0.3) is 0 Å². The third-order valence-corrected chi connectivity index (χ3v) is 5.44. The lowest BCUT2D eigenvalue weighted by molar-refractivity contribution is 0.399. The van der Waals surface area contributed by atoms with Crippen LogP contribution in [0, 0.1) is 19.8 Å². The first-order valence-corrected chi connectivity index (χ1v) is 8.80. The SMILES string of the molecule is Cc1cc(C(C)NS(=O)(=O)CC2CCNCC2)c(C)o1. The number of rotatable bonds is 5. The fraction of sp³-hybridized carbons (Fsp3) is 0.714. The fourth-order valence-corrected chi connectivity index (χ4v) is 4.54. The van der Waals surface area contributed by atoms with Crippen LogP contribution < -0.4 is 10.0 Å². The number of aryl methyl sites for hydroxylation is 2. The highest BCUT2D eigenvalue weighted by Gasteiger charge is 2.24. The van der Waals surface area contributed by atoms with Crippen molar-refractivity contribution in [3.05, 3.63) is 23.2 Å². The molecule has 1 atom stereocenters. The molecule has 0 bridgehead atoms. The highest BCUT2D eigenvalue weighted by atomic mass is 32.2. The van der Waals surface area contributed by atoms with Crippen LogP contribution in [0.5, 0.6) is 0 Å². The zero-order valence-corrected chi connectivity index (χ0v) is 13.2. The summed E-state index contributed by atoms with van der Waals surface area (Å²) in [4.78, 5) is 0. The minimum Gasteiger partial charge on any atom is -0.466 e. The van der Waals surface area contributed by atoms with Gasteiger partial charge >= 0.3 is 0 Å². The molecule has 0 amide bonds. The number of nitrogens with one attached hydrogen (secondary N) is 2. The molecule has 2 heterocycles. The van der Waals surface area contributed by atoms with Crippen LogP contribution >= 0.6 is 0 Å². The zero-order chi connectivity index (χ0) is 14.8. The Hall–Kier alpha value is -0.850. The van der Waals surface area contributed by atoms with Crippen LogP contribution in [0.1, 0.15) is 42.9 Å². The number of hydrogen-bond acceptors (Lipinski definition) is 4. The average molecular weight is 300 g/mol. The first kappa shape index (κ1) is 15.5. The van der Waals surface area contributed by atoms with Crippen molar-refractivity contribution in [1.29, 1.82) is 0 Å². The predicted octanol–water partition coefficient (Wildman–Crippen LogP) is 1.88. The van der Waals surface area contributed by atoms with E-state index in [2.05, 4.69) is 10.0 Å². The number of sulfonamides is 1. The summed E-state index contributed by atoms with van der Waals surface area (Å²) in [6.45, 7) is 7.41. The van der Waals surface area contributed by atoms with Crippen molar-refractivity contribution in [2.45, 2.75) is 39.7 Å². The van der Waals surface area contributed by atoms with Crippen molar-refractivity contribution in [3.63, 3.8) is 0 Å². The molecule has 1 aliphatic heterocycles. The Balaban J connectivity index is 1.98. The second-order valence-electron chi connectivity index (χ2n) is 5.68. The van der Waals surface area contributed by atoms with Crippen molar-refractivity contribution in [3.8, 4) is 0 Å². The molecule has 2 rings (SSSR count). The molecule has 1 aromatic heterocycles. The minimum absolute atomic E-state index is 0.217. The summed E-state index contributed by atoms with van der Waals surface area (Å²) in [5.41, 5.74) is 0.913. The molecule has 1 saturated heterocycles. The summed E-state index contributed by atoms with van der Waals surface area (Å²) in [6.07, 6.45) is 1.86. The molecule has 1 fully saturated rings. The topological polar surface area (TPSA) is 71.3 Å². The van der Waals surface area contributed by atoms with E-state index in [0.29, 0.717) is 0 Å². The lowest BCUT2D eigenvalue weighted by Gasteiger charge is -2.23. The lowest BCUT2D eigenvalue weighted by Crippen LogP contribution is -2.36. The molecular weight excluding hydrogens is 276 g/mol. The van der Waals surface area contributed by atoms with Crippen molar-refractivity contribution in [2.24, 2.45) is 5.92 Å². The molecule has 20 heavy (non-hydrogen) atoms. The second kappa shape index (κ2) is 6.28. The van der Waals surface area contributed by atoms with Crippen LogP contribution in [0.15, 0.2) is 10.5 Å². The van der Waals surface area contributed by atoms with Gasteiger partial charge in [0.1, 0.15) is 11.5 Å². The van der Waals surface area contributed by atoms with E-state index in [9.17, 15) is 8.42 Å². The third-order valence-electron chi connectivity index (χ3n) is 3.82. The first-order chi connectivity index (χ1) is 9.37. The molecule has 0 aromatic carbocycles. The fourth-order valence-electron chi connectivity index (χ4n) is 2.82. The second-order valence-corrected chi connectivity index (χ2v) is 7.48. The van der Waals surface area contributed by atoms with Crippen molar-refractivity contribution >= 4 is 10.0 Å². The Morgan fingerprint density at radius 3 is 2.60 bits per heavy atom. The number of furan rings is 1. The molecule has 2 N–H and O–H groups in total. The summed E-state index contributed by atoms with van der Waals surface area (Å²) in [6, 6.07) is 1.65. The van der Waals surface area contributed by atoms with E-state index in [1.807, 2.05) is 26.8 Å². The van der Waals surface area contributed by atoms with E-state index in [1.165, 1.54) is 0 Å². The summed E-state index contributed by atoms with van der Waals surface area (Å²) < 4.78 is 32.7. The van der Waals surface area contributed by atoms with Crippen LogP contribution in [0.25, 0.3) is 0 Å². The van der Waals surface area contributed by atoms with Gasteiger partial charge in [0.05, 0.1) is 5.75 Å². The largest absolute Gasteiger partial charge is 0.466 e. The van der Waals surface area contributed by atoms with Crippen LogP contribution in [0.3, 0.4) is 0 Å². The highest BCUT2D eigenvalue weighted by Crippen LogP contribution is 2.22. The van der Waals surface area contributed by atoms with Gasteiger partial charge in [-0.1, -0.05) is 0 Å². The molecule has 114 valence electrons. The Morgan fingerprint density at radius 1 is 1.40 bits per heavy atom.